The minimum absolute atomic E-state index is 0.149. The van der Waals surface area contributed by atoms with Crippen LogP contribution in [0.2, 0.25) is 0 Å². The molecule has 0 bridgehead atoms. The third-order valence-corrected chi connectivity index (χ3v) is 4.16. The molecule has 2 atom stereocenters. The lowest BCUT2D eigenvalue weighted by Crippen LogP contribution is -2.19. The van der Waals surface area contributed by atoms with Crippen molar-refractivity contribution in [1.82, 2.24) is 0 Å². The number of benzene rings is 1. The largest absolute Gasteiger partial charge is 0.324 e. The molecule has 1 nitrogen and oxygen atoms in total. The summed E-state index contributed by atoms with van der Waals surface area (Å²) in [5, 5.41) is 2.14. The summed E-state index contributed by atoms with van der Waals surface area (Å²) in [6, 6.07) is 14.8. The average Bonchev–Trinajstić information content (AvgIpc) is 2.89. The molecular weight excluding hydrogens is 226 g/mol. The lowest BCUT2D eigenvalue weighted by atomic mass is 9.91. The first-order valence-electron chi connectivity index (χ1n) is 6.10. The molecule has 1 aromatic heterocycles. The van der Waals surface area contributed by atoms with Crippen molar-refractivity contribution >= 4 is 11.3 Å². The van der Waals surface area contributed by atoms with Crippen molar-refractivity contribution in [3.8, 4) is 0 Å². The van der Waals surface area contributed by atoms with Crippen LogP contribution in [0, 0.1) is 5.92 Å². The maximum absolute atomic E-state index is 6.28. The van der Waals surface area contributed by atoms with Gasteiger partial charge in [-0.15, -0.1) is 11.3 Å². The highest BCUT2D eigenvalue weighted by Gasteiger charge is 2.14. The molecule has 0 aliphatic heterocycles. The van der Waals surface area contributed by atoms with Crippen molar-refractivity contribution in [3.63, 3.8) is 0 Å². The Morgan fingerprint density at radius 3 is 2.53 bits per heavy atom. The summed E-state index contributed by atoms with van der Waals surface area (Å²) in [4.78, 5) is 1.46. The van der Waals surface area contributed by atoms with E-state index in [2.05, 4.69) is 48.7 Å². The Balaban J connectivity index is 1.89. The predicted molar refractivity (Wildman–Crippen MR) is 75.2 cm³/mol. The van der Waals surface area contributed by atoms with Gasteiger partial charge >= 0.3 is 0 Å². The van der Waals surface area contributed by atoms with E-state index in [-0.39, 0.29) is 6.04 Å². The Bertz CT molecular complexity index is 421. The molecule has 2 rings (SSSR count). The molecule has 2 N–H and O–H groups in total. The number of rotatable bonds is 5. The van der Waals surface area contributed by atoms with Crippen molar-refractivity contribution in [2.45, 2.75) is 25.8 Å². The van der Waals surface area contributed by atoms with Crippen LogP contribution in [-0.2, 0) is 6.42 Å². The van der Waals surface area contributed by atoms with Crippen LogP contribution in [0.15, 0.2) is 47.8 Å². The van der Waals surface area contributed by atoms with E-state index in [0.717, 1.165) is 12.8 Å². The van der Waals surface area contributed by atoms with Gasteiger partial charge in [0.1, 0.15) is 0 Å². The lowest BCUT2D eigenvalue weighted by molar-refractivity contribution is 0.440. The van der Waals surface area contributed by atoms with Gasteiger partial charge in [0.25, 0.3) is 0 Å². The first kappa shape index (κ1) is 12.3. The fourth-order valence-corrected chi connectivity index (χ4v) is 2.73. The number of hydrogen-bond acceptors (Lipinski definition) is 2. The fourth-order valence-electron chi connectivity index (χ4n) is 2.01. The third-order valence-electron chi connectivity index (χ3n) is 3.22. The second kappa shape index (κ2) is 5.99. The van der Waals surface area contributed by atoms with Gasteiger partial charge < -0.3 is 5.73 Å². The minimum atomic E-state index is 0.149. The number of aryl methyl sites for hydroxylation is 1. The van der Waals surface area contributed by atoms with Gasteiger partial charge in [-0.05, 0) is 35.8 Å². The second-order valence-electron chi connectivity index (χ2n) is 4.53. The minimum Gasteiger partial charge on any atom is -0.324 e. The van der Waals surface area contributed by atoms with Crippen LogP contribution in [-0.4, -0.2) is 0 Å². The Morgan fingerprint density at radius 2 is 1.88 bits per heavy atom. The fraction of sp³-hybridized carbons (Fsp3) is 0.333. The van der Waals surface area contributed by atoms with Gasteiger partial charge in [-0.3, -0.25) is 0 Å². The van der Waals surface area contributed by atoms with Crippen LogP contribution in [0.4, 0.5) is 0 Å². The summed E-state index contributed by atoms with van der Waals surface area (Å²) in [5.41, 5.74) is 7.52. The van der Waals surface area contributed by atoms with Gasteiger partial charge in [-0.2, -0.15) is 0 Å². The van der Waals surface area contributed by atoms with Crippen molar-refractivity contribution < 1.29 is 0 Å². The number of thiophene rings is 1. The summed E-state index contributed by atoms with van der Waals surface area (Å²) < 4.78 is 0. The van der Waals surface area contributed by atoms with Gasteiger partial charge in [0, 0.05) is 10.9 Å². The first-order chi connectivity index (χ1) is 8.27. The molecule has 0 aliphatic rings. The number of nitrogens with two attached hydrogens (primary N) is 1. The van der Waals surface area contributed by atoms with E-state index in [1.807, 2.05) is 17.4 Å². The van der Waals surface area contributed by atoms with Gasteiger partial charge in [0.15, 0.2) is 0 Å². The van der Waals surface area contributed by atoms with Crippen molar-refractivity contribution in [1.29, 1.82) is 0 Å². The monoisotopic (exact) mass is 245 g/mol. The van der Waals surface area contributed by atoms with Crippen LogP contribution in [0.3, 0.4) is 0 Å². The second-order valence-corrected chi connectivity index (χ2v) is 5.56. The van der Waals surface area contributed by atoms with Gasteiger partial charge in [-0.1, -0.05) is 43.3 Å². The van der Waals surface area contributed by atoms with Gasteiger partial charge in [-0.25, -0.2) is 0 Å². The Labute approximate surface area is 107 Å². The molecule has 0 spiro atoms. The van der Waals surface area contributed by atoms with Crippen LogP contribution in [0.5, 0.6) is 0 Å². The maximum Gasteiger partial charge on any atom is 0.0320 e. The molecule has 0 radical (unpaired) electrons. The van der Waals surface area contributed by atoms with Crippen molar-refractivity contribution in [3.05, 3.63) is 58.3 Å². The molecule has 0 saturated carbocycles. The van der Waals surface area contributed by atoms with E-state index in [9.17, 15) is 0 Å². The van der Waals surface area contributed by atoms with Crippen LogP contribution < -0.4 is 5.73 Å². The Kier molecular flexibility index (Phi) is 4.35. The quantitative estimate of drug-likeness (QED) is 0.846. The summed E-state index contributed by atoms with van der Waals surface area (Å²) in [7, 11) is 0. The number of hydrogen-bond donors (Lipinski definition) is 1. The van der Waals surface area contributed by atoms with E-state index < -0.39 is 0 Å². The zero-order valence-corrected chi connectivity index (χ0v) is 11.0. The van der Waals surface area contributed by atoms with Crippen LogP contribution in [0.25, 0.3) is 0 Å². The Hall–Kier alpha value is -1.12. The van der Waals surface area contributed by atoms with E-state index in [4.69, 9.17) is 5.73 Å². The zero-order chi connectivity index (χ0) is 12.1. The Morgan fingerprint density at radius 1 is 1.12 bits per heavy atom. The molecule has 1 heterocycles. The first-order valence-corrected chi connectivity index (χ1v) is 6.98. The van der Waals surface area contributed by atoms with Crippen molar-refractivity contribution in [2.75, 3.05) is 0 Å². The summed E-state index contributed by atoms with van der Waals surface area (Å²) in [5.74, 6) is 0.513. The van der Waals surface area contributed by atoms with E-state index >= 15 is 0 Å². The zero-order valence-electron chi connectivity index (χ0n) is 10.2. The molecule has 2 heteroatoms. The molecule has 0 fully saturated rings. The lowest BCUT2D eigenvalue weighted by Gasteiger charge is -2.19. The van der Waals surface area contributed by atoms with Crippen molar-refractivity contribution in [2.24, 2.45) is 11.7 Å². The molecule has 2 unspecified atom stereocenters. The predicted octanol–water partition coefficient (Wildman–Crippen LogP) is 4.02. The SMILES string of the molecule is CC(CCc1cccs1)C(N)c1ccccc1. The molecule has 2 aromatic rings. The normalized spacial score (nSPS) is 14.5. The highest BCUT2D eigenvalue weighted by molar-refractivity contribution is 7.09. The molecule has 0 saturated heterocycles. The van der Waals surface area contributed by atoms with Gasteiger partial charge in [0.05, 0.1) is 0 Å². The highest BCUT2D eigenvalue weighted by atomic mass is 32.1. The highest BCUT2D eigenvalue weighted by Crippen LogP contribution is 2.24. The van der Waals surface area contributed by atoms with Gasteiger partial charge in [0.2, 0.25) is 0 Å². The summed E-state index contributed by atoms with van der Waals surface area (Å²) in [6.45, 7) is 2.24. The van der Waals surface area contributed by atoms with E-state index in [1.54, 1.807) is 0 Å². The molecule has 0 aliphatic carbocycles. The van der Waals surface area contributed by atoms with Crippen LogP contribution >= 0.6 is 11.3 Å². The maximum atomic E-state index is 6.28. The molecule has 90 valence electrons. The standard InChI is InChI=1S/C15H19NS/c1-12(9-10-14-8-5-11-17-14)15(16)13-6-3-2-4-7-13/h2-8,11-12,15H,9-10,16H2,1H3. The molecule has 0 amide bonds. The summed E-state index contributed by atoms with van der Waals surface area (Å²) in [6.07, 6.45) is 2.29. The van der Waals surface area contributed by atoms with Crippen LogP contribution in [0.1, 0.15) is 29.8 Å². The third kappa shape index (κ3) is 3.42. The topological polar surface area (TPSA) is 26.0 Å². The van der Waals surface area contributed by atoms with E-state index in [0.29, 0.717) is 5.92 Å². The average molecular weight is 245 g/mol. The molecular formula is C15H19NS. The van der Waals surface area contributed by atoms with E-state index in [1.165, 1.54) is 10.4 Å². The smallest absolute Gasteiger partial charge is 0.0320 e. The molecule has 17 heavy (non-hydrogen) atoms. The summed E-state index contributed by atoms with van der Waals surface area (Å²) >= 11 is 1.83. The molecule has 1 aromatic carbocycles.